The Hall–Kier alpha value is -4.67. The van der Waals surface area contributed by atoms with Crippen LogP contribution in [0.5, 0.6) is 0 Å². The van der Waals surface area contributed by atoms with Gasteiger partial charge >= 0.3 is 6.18 Å². The van der Waals surface area contributed by atoms with Crippen LogP contribution in [0.15, 0.2) is 67.0 Å². The highest BCUT2D eigenvalue weighted by molar-refractivity contribution is 6.04. The highest BCUT2D eigenvalue weighted by atomic mass is 19.4. The lowest BCUT2D eigenvalue weighted by molar-refractivity contribution is -0.137. The number of alkyl halides is 3. The maximum Gasteiger partial charge on any atom is 0.416 e. The average Bonchev–Trinajstić information content (AvgIpc) is 3.53. The largest absolute Gasteiger partial charge is 0.416 e. The van der Waals surface area contributed by atoms with Crippen LogP contribution >= 0.6 is 0 Å². The standard InChI is InChI=1S/C32H32F3N7O/c1-20-12-13-25(38-30(43)22-7-5-8-24(15-22)32(33,34)35)16-28(20)41-18-23-17-37-31(39-27-11-6-14-36-21(27)2)40-29(23)42(19-41)26-9-3-4-10-26/h5-8,11-17,26H,3-4,9-10,18-19H2,1-2H3,(H,38,43)(H,37,39,40). The number of anilines is 5. The molecule has 2 aliphatic rings. The number of amides is 1. The molecule has 8 nitrogen and oxygen atoms in total. The Kier molecular flexibility index (Phi) is 7.64. The third-order valence-electron chi connectivity index (χ3n) is 8.08. The van der Waals surface area contributed by atoms with Crippen molar-refractivity contribution < 1.29 is 18.0 Å². The third-order valence-corrected chi connectivity index (χ3v) is 8.08. The minimum absolute atomic E-state index is 0.0562. The monoisotopic (exact) mass is 587 g/mol. The Balaban J connectivity index is 1.27. The molecule has 1 aliphatic carbocycles. The summed E-state index contributed by atoms with van der Waals surface area (Å²) < 4.78 is 39.6. The normalized spacial score (nSPS) is 15.4. The van der Waals surface area contributed by atoms with Gasteiger partial charge in [0.1, 0.15) is 5.82 Å². The van der Waals surface area contributed by atoms with E-state index in [1.807, 2.05) is 44.3 Å². The van der Waals surface area contributed by atoms with Crippen molar-refractivity contribution in [2.45, 2.75) is 58.3 Å². The molecule has 3 heterocycles. The summed E-state index contributed by atoms with van der Waals surface area (Å²) in [6.45, 7) is 5.10. The highest BCUT2D eigenvalue weighted by Crippen LogP contribution is 2.37. The maximum atomic E-state index is 13.2. The predicted molar refractivity (Wildman–Crippen MR) is 161 cm³/mol. The van der Waals surface area contributed by atoms with Gasteiger partial charge in [-0.1, -0.05) is 25.0 Å². The lowest BCUT2D eigenvalue weighted by atomic mass is 10.1. The molecule has 11 heteroatoms. The summed E-state index contributed by atoms with van der Waals surface area (Å²) in [5, 5.41) is 6.09. The fourth-order valence-corrected chi connectivity index (χ4v) is 5.80. The number of carbonyl (C=O) groups excluding carboxylic acids is 1. The number of nitrogens with one attached hydrogen (secondary N) is 2. The van der Waals surface area contributed by atoms with Crippen LogP contribution in [0.1, 0.15) is 58.4 Å². The van der Waals surface area contributed by atoms with Crippen molar-refractivity contribution in [2.24, 2.45) is 0 Å². The molecule has 2 aromatic carbocycles. The Labute approximate surface area is 248 Å². The number of aryl methyl sites for hydroxylation is 2. The van der Waals surface area contributed by atoms with Crippen LogP contribution < -0.4 is 20.4 Å². The zero-order chi connectivity index (χ0) is 30.1. The quantitative estimate of drug-likeness (QED) is 0.246. The molecule has 0 saturated heterocycles. The van der Waals surface area contributed by atoms with Gasteiger partial charge in [0.05, 0.1) is 23.6 Å². The van der Waals surface area contributed by atoms with Gasteiger partial charge in [-0.05, 0) is 74.7 Å². The first-order chi connectivity index (χ1) is 20.7. The fourth-order valence-electron chi connectivity index (χ4n) is 5.80. The summed E-state index contributed by atoms with van der Waals surface area (Å²) in [5.74, 6) is 0.824. The Morgan fingerprint density at radius 2 is 1.81 bits per heavy atom. The molecule has 1 saturated carbocycles. The molecule has 0 unspecified atom stereocenters. The Morgan fingerprint density at radius 1 is 1.00 bits per heavy atom. The second-order valence-electron chi connectivity index (χ2n) is 11.1. The van der Waals surface area contributed by atoms with Gasteiger partial charge in [0.2, 0.25) is 5.95 Å². The number of carbonyl (C=O) groups is 1. The maximum absolute atomic E-state index is 13.2. The van der Waals surface area contributed by atoms with Gasteiger partial charge < -0.3 is 20.4 Å². The van der Waals surface area contributed by atoms with E-state index < -0.39 is 17.6 Å². The first-order valence-corrected chi connectivity index (χ1v) is 14.3. The van der Waals surface area contributed by atoms with Crippen LogP contribution in [0.4, 0.5) is 42.0 Å². The van der Waals surface area contributed by atoms with Crippen LogP contribution in [-0.2, 0) is 12.7 Å². The van der Waals surface area contributed by atoms with Crippen LogP contribution in [0, 0.1) is 13.8 Å². The first-order valence-electron chi connectivity index (χ1n) is 14.3. The number of benzene rings is 2. The van der Waals surface area contributed by atoms with Crippen LogP contribution in [0.2, 0.25) is 0 Å². The molecule has 0 atom stereocenters. The van der Waals surface area contributed by atoms with Crippen molar-refractivity contribution in [2.75, 3.05) is 27.1 Å². The van der Waals surface area contributed by atoms with E-state index in [1.165, 1.54) is 12.1 Å². The molecular weight excluding hydrogens is 555 g/mol. The molecule has 2 N–H and O–H groups in total. The van der Waals surface area contributed by atoms with Gasteiger partial charge in [-0.25, -0.2) is 4.98 Å². The van der Waals surface area contributed by atoms with Crippen molar-refractivity contribution in [3.63, 3.8) is 0 Å². The SMILES string of the molecule is Cc1ccc(NC(=O)c2cccc(C(F)(F)F)c2)cc1N1Cc2cnc(Nc3cccnc3C)nc2N(C2CCCC2)C1. The molecule has 6 rings (SSSR count). The first kappa shape index (κ1) is 28.4. The molecular formula is C32H32F3N7O. The van der Waals surface area contributed by atoms with Gasteiger partial charge in [-0.15, -0.1) is 0 Å². The van der Waals surface area contributed by atoms with Crippen molar-refractivity contribution >= 4 is 34.7 Å². The van der Waals surface area contributed by atoms with Crippen molar-refractivity contribution in [3.8, 4) is 0 Å². The van der Waals surface area contributed by atoms with E-state index in [4.69, 9.17) is 4.98 Å². The number of hydrogen-bond donors (Lipinski definition) is 2. The van der Waals surface area contributed by atoms with E-state index in [9.17, 15) is 18.0 Å². The molecule has 43 heavy (non-hydrogen) atoms. The van der Waals surface area contributed by atoms with Crippen molar-refractivity contribution in [1.29, 1.82) is 0 Å². The third kappa shape index (κ3) is 6.11. The van der Waals surface area contributed by atoms with Crippen LogP contribution in [0.3, 0.4) is 0 Å². The lowest BCUT2D eigenvalue weighted by Crippen LogP contribution is -2.47. The van der Waals surface area contributed by atoms with E-state index in [0.29, 0.717) is 30.9 Å². The molecule has 1 aliphatic heterocycles. The topological polar surface area (TPSA) is 86.3 Å². The van der Waals surface area contributed by atoms with Crippen molar-refractivity contribution in [1.82, 2.24) is 15.0 Å². The zero-order valence-electron chi connectivity index (χ0n) is 23.9. The van der Waals surface area contributed by atoms with E-state index in [0.717, 1.165) is 71.8 Å². The molecule has 0 spiro atoms. The minimum Gasteiger partial charge on any atom is -0.349 e. The van der Waals surface area contributed by atoms with Gasteiger partial charge in [0.15, 0.2) is 0 Å². The number of fused-ring (bicyclic) bond motifs is 1. The summed E-state index contributed by atoms with van der Waals surface area (Å²) in [6.07, 6.45) is 3.57. The molecule has 222 valence electrons. The number of hydrogen-bond acceptors (Lipinski definition) is 7. The summed E-state index contributed by atoms with van der Waals surface area (Å²) in [5.41, 5.74) is 4.22. The van der Waals surface area contributed by atoms with Crippen LogP contribution in [0.25, 0.3) is 0 Å². The van der Waals surface area contributed by atoms with Gasteiger partial charge in [-0.2, -0.15) is 18.2 Å². The second kappa shape index (κ2) is 11.5. The summed E-state index contributed by atoms with van der Waals surface area (Å²) in [4.78, 5) is 31.4. The predicted octanol–water partition coefficient (Wildman–Crippen LogP) is 7.23. The molecule has 4 aromatic rings. The highest BCUT2D eigenvalue weighted by Gasteiger charge is 2.33. The van der Waals surface area contributed by atoms with Crippen LogP contribution in [-0.4, -0.2) is 33.6 Å². The van der Waals surface area contributed by atoms with E-state index >= 15 is 0 Å². The van der Waals surface area contributed by atoms with E-state index in [1.54, 1.807) is 12.3 Å². The molecule has 0 radical (unpaired) electrons. The van der Waals surface area contributed by atoms with Gasteiger partial charge in [0, 0.05) is 47.5 Å². The lowest BCUT2D eigenvalue weighted by Gasteiger charge is -2.42. The number of aromatic nitrogens is 3. The summed E-state index contributed by atoms with van der Waals surface area (Å²) in [6, 6.07) is 14.1. The molecule has 0 bridgehead atoms. The Morgan fingerprint density at radius 3 is 2.58 bits per heavy atom. The van der Waals surface area contributed by atoms with Crippen molar-refractivity contribution in [3.05, 3.63) is 94.9 Å². The fraction of sp³-hybridized carbons (Fsp3) is 0.312. The smallest absolute Gasteiger partial charge is 0.349 e. The van der Waals surface area contributed by atoms with Gasteiger partial charge in [-0.3, -0.25) is 9.78 Å². The number of nitrogens with zero attached hydrogens (tertiary/aromatic N) is 5. The summed E-state index contributed by atoms with van der Waals surface area (Å²) >= 11 is 0. The molecule has 1 fully saturated rings. The number of pyridine rings is 1. The molecule has 2 aromatic heterocycles. The average molecular weight is 588 g/mol. The zero-order valence-corrected chi connectivity index (χ0v) is 23.9. The van der Waals surface area contributed by atoms with Gasteiger partial charge in [0.25, 0.3) is 5.91 Å². The van der Waals surface area contributed by atoms with E-state index in [2.05, 4.69) is 30.4 Å². The van der Waals surface area contributed by atoms with E-state index in [-0.39, 0.29) is 5.56 Å². The number of halogens is 3. The molecule has 1 amide bonds. The Bertz CT molecular complexity index is 1650. The number of rotatable bonds is 6. The summed E-state index contributed by atoms with van der Waals surface area (Å²) in [7, 11) is 0. The minimum atomic E-state index is -4.53. The second-order valence-corrected chi connectivity index (χ2v) is 11.1.